The van der Waals surface area contributed by atoms with Gasteiger partial charge in [-0.25, -0.2) is 23.2 Å². The van der Waals surface area contributed by atoms with E-state index < -0.39 is 16.1 Å². The van der Waals surface area contributed by atoms with Crippen LogP contribution in [0.1, 0.15) is 26.5 Å². The van der Waals surface area contributed by atoms with Crippen molar-refractivity contribution in [3.8, 4) is 22.9 Å². The minimum atomic E-state index is -4.56. The summed E-state index contributed by atoms with van der Waals surface area (Å²) in [5.74, 6) is 0.164. The molecule has 1 aromatic carbocycles. The van der Waals surface area contributed by atoms with Crippen molar-refractivity contribution in [3.05, 3.63) is 54.5 Å². The molecule has 1 amide bonds. The molecule has 2 aromatic heterocycles. The SMILES string of the molecule is CCOc1ccc(-c2ncccc2S(=O)(=O)N(C(=O)OCC(C)C)c2ncc(C)nc2OC)cc1. The van der Waals surface area contributed by atoms with E-state index in [0.717, 1.165) is 0 Å². The lowest BCUT2D eigenvalue weighted by atomic mass is 10.1. The van der Waals surface area contributed by atoms with Crippen LogP contribution in [0.5, 0.6) is 11.6 Å². The van der Waals surface area contributed by atoms with Crippen LogP contribution in [0, 0.1) is 12.8 Å². The monoisotopic (exact) mass is 500 g/mol. The van der Waals surface area contributed by atoms with E-state index in [1.165, 1.54) is 31.6 Å². The first-order valence-electron chi connectivity index (χ1n) is 11.0. The quantitative estimate of drug-likeness (QED) is 0.424. The minimum Gasteiger partial charge on any atom is -0.494 e. The molecule has 0 atom stereocenters. The number of carbonyl (C=O) groups is 1. The number of aryl methyl sites for hydroxylation is 1. The summed E-state index contributed by atoms with van der Waals surface area (Å²) in [5, 5.41) is 0. The molecular formula is C24H28N4O6S. The molecule has 2 heterocycles. The molecule has 3 aromatic rings. The van der Waals surface area contributed by atoms with Crippen molar-refractivity contribution >= 4 is 21.9 Å². The number of sulfonamides is 1. The van der Waals surface area contributed by atoms with Crippen LogP contribution in [-0.4, -0.2) is 49.8 Å². The number of carbonyl (C=O) groups excluding carboxylic acids is 1. The number of benzene rings is 1. The van der Waals surface area contributed by atoms with Gasteiger partial charge >= 0.3 is 6.09 Å². The van der Waals surface area contributed by atoms with E-state index >= 15 is 0 Å². The highest BCUT2D eigenvalue weighted by atomic mass is 32.2. The number of hydrogen-bond acceptors (Lipinski definition) is 9. The van der Waals surface area contributed by atoms with Crippen molar-refractivity contribution in [2.45, 2.75) is 32.6 Å². The van der Waals surface area contributed by atoms with E-state index in [1.54, 1.807) is 31.2 Å². The summed E-state index contributed by atoms with van der Waals surface area (Å²) in [5.41, 5.74) is 1.15. The molecule has 0 aliphatic rings. The summed E-state index contributed by atoms with van der Waals surface area (Å²) in [6, 6.07) is 9.66. The lowest BCUT2D eigenvalue weighted by Crippen LogP contribution is -2.39. The van der Waals surface area contributed by atoms with E-state index in [9.17, 15) is 13.2 Å². The molecule has 11 heteroatoms. The van der Waals surface area contributed by atoms with Crippen molar-refractivity contribution in [1.82, 2.24) is 15.0 Å². The van der Waals surface area contributed by atoms with Crippen molar-refractivity contribution in [2.75, 3.05) is 24.6 Å². The predicted molar refractivity (Wildman–Crippen MR) is 130 cm³/mol. The number of aromatic nitrogens is 3. The van der Waals surface area contributed by atoms with Crippen LogP contribution in [0.4, 0.5) is 10.6 Å². The zero-order chi connectivity index (χ0) is 25.6. The van der Waals surface area contributed by atoms with E-state index in [4.69, 9.17) is 14.2 Å². The van der Waals surface area contributed by atoms with E-state index in [0.29, 0.717) is 27.9 Å². The summed E-state index contributed by atoms with van der Waals surface area (Å²) in [6.45, 7) is 7.71. The smallest absolute Gasteiger partial charge is 0.430 e. The lowest BCUT2D eigenvalue weighted by Gasteiger charge is -2.23. The molecule has 186 valence electrons. The molecule has 0 radical (unpaired) electrons. The number of pyridine rings is 1. The molecule has 35 heavy (non-hydrogen) atoms. The van der Waals surface area contributed by atoms with Crippen LogP contribution in [0.2, 0.25) is 0 Å². The van der Waals surface area contributed by atoms with Crippen LogP contribution in [0.3, 0.4) is 0 Å². The number of rotatable bonds is 9. The van der Waals surface area contributed by atoms with Crippen LogP contribution in [0.15, 0.2) is 53.7 Å². The second kappa shape index (κ2) is 11.1. The van der Waals surface area contributed by atoms with Gasteiger partial charge in [-0.15, -0.1) is 4.31 Å². The molecule has 0 N–H and O–H groups in total. The maximum absolute atomic E-state index is 14.0. The largest absolute Gasteiger partial charge is 0.494 e. The van der Waals surface area contributed by atoms with Crippen molar-refractivity contribution < 1.29 is 27.4 Å². The molecule has 0 bridgehead atoms. The number of hydrogen-bond donors (Lipinski definition) is 0. The van der Waals surface area contributed by atoms with Crippen molar-refractivity contribution in [2.24, 2.45) is 5.92 Å². The van der Waals surface area contributed by atoms with E-state index in [2.05, 4.69) is 15.0 Å². The molecule has 0 saturated carbocycles. The van der Waals surface area contributed by atoms with E-state index in [1.807, 2.05) is 20.8 Å². The second-order valence-electron chi connectivity index (χ2n) is 7.89. The standard InChI is InChI=1S/C24H28N4O6S/c1-6-33-19-11-9-18(10-12-19)21-20(8-7-13-25-21)35(30,31)28(24(29)34-15-16(2)3)22-23(32-5)27-17(4)14-26-22/h7-14,16H,6,15H2,1-5H3. The Morgan fingerprint density at radius 3 is 2.46 bits per heavy atom. The van der Waals surface area contributed by atoms with Crippen LogP contribution in [-0.2, 0) is 14.8 Å². The zero-order valence-corrected chi connectivity index (χ0v) is 21.1. The molecular weight excluding hydrogens is 472 g/mol. The molecule has 0 aliphatic heterocycles. The van der Waals surface area contributed by atoms with Gasteiger partial charge in [-0.05, 0) is 56.2 Å². The lowest BCUT2D eigenvalue weighted by molar-refractivity contribution is 0.143. The first kappa shape index (κ1) is 25.9. The Kier molecular flexibility index (Phi) is 8.23. The highest BCUT2D eigenvalue weighted by molar-refractivity contribution is 7.93. The van der Waals surface area contributed by atoms with Gasteiger partial charge in [0.15, 0.2) is 0 Å². The summed E-state index contributed by atoms with van der Waals surface area (Å²) < 4.78 is 44.4. The third-order valence-corrected chi connectivity index (χ3v) is 6.35. The molecule has 0 aliphatic carbocycles. The highest BCUT2D eigenvalue weighted by Gasteiger charge is 2.38. The van der Waals surface area contributed by atoms with Gasteiger partial charge in [0.1, 0.15) is 10.6 Å². The van der Waals surface area contributed by atoms with Gasteiger partial charge in [-0.1, -0.05) is 13.8 Å². The van der Waals surface area contributed by atoms with Crippen molar-refractivity contribution in [3.63, 3.8) is 0 Å². The van der Waals surface area contributed by atoms with Gasteiger partial charge in [-0.3, -0.25) is 4.98 Å². The van der Waals surface area contributed by atoms with Gasteiger partial charge in [0.2, 0.25) is 5.82 Å². The third-order valence-electron chi connectivity index (χ3n) is 4.66. The number of amides is 1. The summed E-state index contributed by atoms with van der Waals surface area (Å²) >= 11 is 0. The number of methoxy groups -OCH3 is 1. The van der Waals surface area contributed by atoms with Crippen LogP contribution in [0.25, 0.3) is 11.3 Å². The Morgan fingerprint density at radius 1 is 1.11 bits per heavy atom. The van der Waals surface area contributed by atoms with Gasteiger partial charge in [0.25, 0.3) is 15.9 Å². The Bertz CT molecular complexity index is 1280. The molecule has 0 spiro atoms. The number of anilines is 1. The maximum atomic E-state index is 14.0. The summed E-state index contributed by atoms with van der Waals surface area (Å²) in [6.07, 6.45) is 1.68. The van der Waals surface area contributed by atoms with Crippen LogP contribution < -0.4 is 13.8 Å². The Morgan fingerprint density at radius 2 is 1.83 bits per heavy atom. The second-order valence-corrected chi connectivity index (χ2v) is 9.65. The van der Waals surface area contributed by atoms with Crippen LogP contribution >= 0.6 is 0 Å². The average molecular weight is 501 g/mol. The number of ether oxygens (including phenoxy) is 3. The van der Waals surface area contributed by atoms with E-state index in [-0.39, 0.29) is 34.8 Å². The summed E-state index contributed by atoms with van der Waals surface area (Å²) in [7, 11) is -3.25. The zero-order valence-electron chi connectivity index (χ0n) is 20.3. The number of nitrogens with zero attached hydrogens (tertiary/aromatic N) is 4. The molecule has 0 saturated heterocycles. The fourth-order valence-corrected chi connectivity index (χ4v) is 4.57. The topological polar surface area (TPSA) is 121 Å². The minimum absolute atomic E-state index is 0.00520. The van der Waals surface area contributed by atoms with Gasteiger partial charge in [-0.2, -0.15) is 0 Å². The Hall–Kier alpha value is -3.73. The average Bonchev–Trinajstić information content (AvgIpc) is 2.84. The third kappa shape index (κ3) is 5.86. The van der Waals surface area contributed by atoms with Gasteiger partial charge in [0, 0.05) is 11.8 Å². The summed E-state index contributed by atoms with van der Waals surface area (Å²) in [4.78, 5) is 25.6. The fraction of sp³-hybridized carbons (Fsp3) is 0.333. The Labute approximate surface area is 205 Å². The van der Waals surface area contributed by atoms with Gasteiger partial charge < -0.3 is 14.2 Å². The molecule has 0 fully saturated rings. The maximum Gasteiger partial charge on any atom is 0.430 e. The first-order valence-corrected chi connectivity index (χ1v) is 12.4. The highest BCUT2D eigenvalue weighted by Crippen LogP contribution is 2.34. The normalized spacial score (nSPS) is 11.3. The molecule has 10 nitrogen and oxygen atoms in total. The van der Waals surface area contributed by atoms with Gasteiger partial charge in [0.05, 0.1) is 37.9 Å². The molecule has 0 unspecified atom stereocenters. The fourth-order valence-electron chi connectivity index (χ4n) is 3.11. The molecule has 3 rings (SSSR count). The van der Waals surface area contributed by atoms with Crippen molar-refractivity contribution in [1.29, 1.82) is 0 Å². The first-order chi connectivity index (χ1) is 16.7. The Balaban J connectivity index is 2.17. The predicted octanol–water partition coefficient (Wildman–Crippen LogP) is 4.24.